The molecule has 0 bridgehead atoms. The van der Waals surface area contributed by atoms with Gasteiger partial charge in [0, 0.05) is 6.42 Å². The Kier molecular flexibility index (Phi) is 3.67. The second-order valence-electron chi connectivity index (χ2n) is 2.70. The molecule has 0 fully saturated rings. The van der Waals surface area contributed by atoms with E-state index in [9.17, 15) is 4.79 Å². The monoisotopic (exact) mass is 193 g/mol. The third-order valence-corrected chi connectivity index (χ3v) is 1.76. The molecule has 1 N–H and O–H groups in total. The molecule has 0 radical (unpaired) electrons. The standard InChI is InChI=1S/C10H11NO3/c1-14-10(12)9(11-13)7-8-5-3-2-4-6-8/h2-6,13H,7H2,1H3. The van der Waals surface area contributed by atoms with Crippen LogP contribution in [0.3, 0.4) is 0 Å². The number of methoxy groups -OCH3 is 1. The number of ether oxygens (including phenoxy) is 1. The van der Waals surface area contributed by atoms with Gasteiger partial charge in [0.05, 0.1) is 7.11 Å². The third kappa shape index (κ3) is 2.58. The first kappa shape index (κ1) is 10.2. The number of nitrogens with zero attached hydrogens (tertiary/aromatic N) is 1. The van der Waals surface area contributed by atoms with E-state index in [2.05, 4.69) is 9.89 Å². The molecule has 4 nitrogen and oxygen atoms in total. The number of oxime groups is 1. The molecule has 1 aromatic carbocycles. The second kappa shape index (κ2) is 5.01. The maximum atomic E-state index is 11.0. The van der Waals surface area contributed by atoms with Crippen molar-refractivity contribution in [2.75, 3.05) is 7.11 Å². The molecule has 0 saturated heterocycles. The van der Waals surface area contributed by atoms with Gasteiger partial charge in [0.1, 0.15) is 0 Å². The smallest absolute Gasteiger partial charge is 0.356 e. The largest absolute Gasteiger partial charge is 0.464 e. The van der Waals surface area contributed by atoms with Crippen molar-refractivity contribution < 1.29 is 14.7 Å². The molecule has 0 spiro atoms. The lowest BCUT2D eigenvalue weighted by atomic mass is 10.1. The summed E-state index contributed by atoms with van der Waals surface area (Å²) in [6.07, 6.45) is 0.268. The Morgan fingerprint density at radius 3 is 2.57 bits per heavy atom. The lowest BCUT2D eigenvalue weighted by Crippen LogP contribution is -2.18. The minimum absolute atomic E-state index is 0.00120. The summed E-state index contributed by atoms with van der Waals surface area (Å²) in [6, 6.07) is 9.25. The first-order chi connectivity index (χ1) is 6.77. The topological polar surface area (TPSA) is 58.9 Å². The number of hydrogen-bond donors (Lipinski definition) is 1. The van der Waals surface area contributed by atoms with E-state index in [1.165, 1.54) is 7.11 Å². The summed E-state index contributed by atoms with van der Waals surface area (Å²) >= 11 is 0. The van der Waals surface area contributed by atoms with Gasteiger partial charge >= 0.3 is 5.97 Å². The van der Waals surface area contributed by atoms with E-state index in [0.29, 0.717) is 0 Å². The number of esters is 1. The minimum atomic E-state index is -0.614. The first-order valence-electron chi connectivity index (χ1n) is 4.11. The molecule has 14 heavy (non-hydrogen) atoms. The number of rotatable bonds is 3. The van der Waals surface area contributed by atoms with E-state index in [4.69, 9.17) is 5.21 Å². The summed E-state index contributed by atoms with van der Waals surface area (Å²) in [6.45, 7) is 0. The second-order valence-corrected chi connectivity index (χ2v) is 2.70. The summed E-state index contributed by atoms with van der Waals surface area (Å²) in [5.41, 5.74) is 0.893. The molecule has 0 aromatic heterocycles. The van der Waals surface area contributed by atoms with Gasteiger partial charge in [0.15, 0.2) is 5.71 Å². The molecule has 0 aliphatic carbocycles. The highest BCUT2D eigenvalue weighted by Gasteiger charge is 2.12. The van der Waals surface area contributed by atoms with Crippen LogP contribution in [-0.2, 0) is 16.0 Å². The fourth-order valence-electron chi connectivity index (χ4n) is 1.06. The van der Waals surface area contributed by atoms with Gasteiger partial charge in [-0.25, -0.2) is 4.79 Å². The van der Waals surface area contributed by atoms with Crippen LogP contribution >= 0.6 is 0 Å². The van der Waals surface area contributed by atoms with Gasteiger partial charge < -0.3 is 9.94 Å². The van der Waals surface area contributed by atoms with Crippen LogP contribution in [0.2, 0.25) is 0 Å². The minimum Gasteiger partial charge on any atom is -0.464 e. The highest BCUT2D eigenvalue weighted by Crippen LogP contribution is 2.01. The van der Waals surface area contributed by atoms with Crippen molar-refractivity contribution in [2.24, 2.45) is 5.16 Å². The van der Waals surface area contributed by atoms with Crippen molar-refractivity contribution in [1.82, 2.24) is 0 Å². The van der Waals surface area contributed by atoms with Crippen LogP contribution in [0.4, 0.5) is 0 Å². The molecule has 0 unspecified atom stereocenters. The molecule has 0 amide bonds. The van der Waals surface area contributed by atoms with E-state index in [1.807, 2.05) is 30.3 Å². The van der Waals surface area contributed by atoms with Crippen molar-refractivity contribution in [1.29, 1.82) is 0 Å². The molecule has 1 rings (SSSR count). The predicted molar refractivity (Wildman–Crippen MR) is 51.4 cm³/mol. The zero-order valence-electron chi connectivity index (χ0n) is 7.80. The van der Waals surface area contributed by atoms with Crippen LogP contribution < -0.4 is 0 Å². The fourth-order valence-corrected chi connectivity index (χ4v) is 1.06. The van der Waals surface area contributed by atoms with Crippen molar-refractivity contribution in [3.63, 3.8) is 0 Å². The van der Waals surface area contributed by atoms with Crippen LogP contribution in [0.1, 0.15) is 5.56 Å². The summed E-state index contributed by atoms with van der Waals surface area (Å²) in [5, 5.41) is 11.5. The van der Waals surface area contributed by atoms with Crippen LogP contribution in [-0.4, -0.2) is 24.0 Å². The summed E-state index contributed by atoms with van der Waals surface area (Å²) in [7, 11) is 1.25. The first-order valence-corrected chi connectivity index (χ1v) is 4.11. The molecule has 0 aliphatic rings. The Labute approximate surface area is 81.8 Å². The predicted octanol–water partition coefficient (Wildman–Crippen LogP) is 1.23. The Hall–Kier alpha value is -1.84. The highest BCUT2D eigenvalue weighted by atomic mass is 16.5. The Balaban J connectivity index is 2.73. The van der Waals surface area contributed by atoms with Gasteiger partial charge in [-0.15, -0.1) is 0 Å². The van der Waals surface area contributed by atoms with Crippen molar-refractivity contribution in [2.45, 2.75) is 6.42 Å². The lowest BCUT2D eigenvalue weighted by Gasteiger charge is -2.01. The molecule has 0 aliphatic heterocycles. The fraction of sp³-hybridized carbons (Fsp3) is 0.200. The van der Waals surface area contributed by atoms with Crippen LogP contribution in [0.25, 0.3) is 0 Å². The molecule has 74 valence electrons. The maximum absolute atomic E-state index is 11.0. The summed E-state index contributed by atoms with van der Waals surface area (Å²) in [5.74, 6) is -0.614. The number of carbonyl (C=O) groups is 1. The average molecular weight is 193 g/mol. The zero-order chi connectivity index (χ0) is 10.4. The molecular formula is C10H11NO3. The van der Waals surface area contributed by atoms with Gasteiger partial charge in [-0.05, 0) is 5.56 Å². The summed E-state index contributed by atoms with van der Waals surface area (Å²) < 4.78 is 4.45. The Morgan fingerprint density at radius 1 is 1.43 bits per heavy atom. The van der Waals surface area contributed by atoms with E-state index in [-0.39, 0.29) is 12.1 Å². The van der Waals surface area contributed by atoms with Crippen LogP contribution in [0, 0.1) is 0 Å². The van der Waals surface area contributed by atoms with Crippen molar-refractivity contribution >= 4 is 11.7 Å². The van der Waals surface area contributed by atoms with Gasteiger partial charge in [0.25, 0.3) is 0 Å². The van der Waals surface area contributed by atoms with E-state index in [1.54, 1.807) is 0 Å². The molecule has 4 heteroatoms. The molecule has 1 aromatic rings. The normalized spacial score (nSPS) is 11.1. The molecule has 0 atom stereocenters. The van der Waals surface area contributed by atoms with Gasteiger partial charge in [0.2, 0.25) is 0 Å². The van der Waals surface area contributed by atoms with E-state index >= 15 is 0 Å². The van der Waals surface area contributed by atoms with Gasteiger partial charge in [-0.3, -0.25) is 0 Å². The number of benzene rings is 1. The average Bonchev–Trinajstić information content (AvgIpc) is 2.26. The third-order valence-electron chi connectivity index (χ3n) is 1.76. The molecular weight excluding hydrogens is 182 g/mol. The maximum Gasteiger partial charge on any atom is 0.356 e. The van der Waals surface area contributed by atoms with Crippen LogP contribution in [0.5, 0.6) is 0 Å². The van der Waals surface area contributed by atoms with E-state index < -0.39 is 5.97 Å². The van der Waals surface area contributed by atoms with E-state index in [0.717, 1.165) is 5.56 Å². The van der Waals surface area contributed by atoms with Gasteiger partial charge in [-0.1, -0.05) is 35.5 Å². The Morgan fingerprint density at radius 2 is 2.07 bits per heavy atom. The number of carbonyl (C=O) groups excluding carboxylic acids is 1. The zero-order valence-corrected chi connectivity index (χ0v) is 7.80. The van der Waals surface area contributed by atoms with Crippen LogP contribution in [0.15, 0.2) is 35.5 Å². The SMILES string of the molecule is COC(=O)C(Cc1ccccc1)=NO. The lowest BCUT2D eigenvalue weighted by molar-refractivity contribution is -0.132. The quantitative estimate of drug-likeness (QED) is 0.340. The Bertz CT molecular complexity index is 332. The van der Waals surface area contributed by atoms with Gasteiger partial charge in [-0.2, -0.15) is 0 Å². The van der Waals surface area contributed by atoms with Crippen molar-refractivity contribution in [3.05, 3.63) is 35.9 Å². The highest BCUT2D eigenvalue weighted by molar-refractivity contribution is 6.36. The molecule has 0 saturated carbocycles. The number of hydrogen-bond acceptors (Lipinski definition) is 4. The summed E-state index contributed by atoms with van der Waals surface area (Å²) in [4.78, 5) is 11.0. The van der Waals surface area contributed by atoms with Crippen molar-refractivity contribution in [3.8, 4) is 0 Å². The molecule has 0 heterocycles.